The molecule has 0 spiro atoms. The van der Waals surface area contributed by atoms with Gasteiger partial charge in [0.25, 0.3) is 0 Å². The molecule has 2 N–H and O–H groups in total. The van der Waals surface area contributed by atoms with Gasteiger partial charge in [0.05, 0.1) is 6.10 Å². The topological polar surface area (TPSA) is 35.2 Å². The Balaban J connectivity index is 1.55. The largest absolute Gasteiger partial charge is 0.378 e. The van der Waals surface area contributed by atoms with E-state index in [0.717, 1.165) is 18.4 Å². The van der Waals surface area contributed by atoms with Crippen molar-refractivity contribution in [3.8, 4) is 0 Å². The molecule has 0 aromatic heterocycles. The van der Waals surface area contributed by atoms with Crippen molar-refractivity contribution < 1.29 is 4.74 Å². The molecule has 0 aromatic rings. The third-order valence-corrected chi connectivity index (χ3v) is 4.13. The number of nitrogens with two attached hydrogens (primary N) is 1. The molecular formula is C13H25NO. The molecule has 1 saturated carbocycles. The minimum atomic E-state index is 0.430. The van der Waals surface area contributed by atoms with Gasteiger partial charge in [0, 0.05) is 12.6 Å². The lowest BCUT2D eigenvalue weighted by atomic mass is 9.92. The van der Waals surface area contributed by atoms with E-state index < -0.39 is 0 Å². The Morgan fingerprint density at radius 2 is 2.13 bits per heavy atom. The van der Waals surface area contributed by atoms with Crippen molar-refractivity contribution in [1.82, 2.24) is 0 Å². The summed E-state index contributed by atoms with van der Waals surface area (Å²) in [5, 5.41) is 0. The molecule has 2 nitrogen and oxygen atoms in total. The molecule has 2 rings (SSSR count). The van der Waals surface area contributed by atoms with Crippen molar-refractivity contribution in [1.29, 1.82) is 0 Å². The summed E-state index contributed by atoms with van der Waals surface area (Å²) in [7, 11) is 0. The molecule has 3 unspecified atom stereocenters. The van der Waals surface area contributed by atoms with E-state index in [2.05, 4.69) is 6.92 Å². The van der Waals surface area contributed by atoms with E-state index in [0.29, 0.717) is 12.1 Å². The molecule has 1 aliphatic heterocycles. The molecule has 2 heteroatoms. The van der Waals surface area contributed by atoms with Crippen LogP contribution in [0.3, 0.4) is 0 Å². The molecule has 2 fully saturated rings. The van der Waals surface area contributed by atoms with Crippen LogP contribution in [0.5, 0.6) is 0 Å². The lowest BCUT2D eigenvalue weighted by Gasteiger charge is -2.20. The van der Waals surface area contributed by atoms with Gasteiger partial charge in [0.2, 0.25) is 0 Å². The molecule has 1 saturated heterocycles. The van der Waals surface area contributed by atoms with Crippen LogP contribution in [0.4, 0.5) is 0 Å². The second-order valence-corrected chi connectivity index (χ2v) is 5.43. The van der Waals surface area contributed by atoms with E-state index in [4.69, 9.17) is 10.5 Å². The number of hydrogen-bond acceptors (Lipinski definition) is 2. The predicted molar refractivity (Wildman–Crippen MR) is 62.7 cm³/mol. The Hall–Kier alpha value is -0.0800. The van der Waals surface area contributed by atoms with Gasteiger partial charge in [-0.25, -0.2) is 0 Å². The summed E-state index contributed by atoms with van der Waals surface area (Å²) in [4.78, 5) is 0. The van der Waals surface area contributed by atoms with Gasteiger partial charge in [-0.15, -0.1) is 0 Å². The molecule has 88 valence electrons. The predicted octanol–water partition coefficient (Wildman–Crippen LogP) is 2.71. The molecule has 2 aliphatic rings. The average Bonchev–Trinajstić information content (AvgIpc) is 2.96. The highest BCUT2D eigenvalue weighted by atomic mass is 16.5. The first-order chi connectivity index (χ1) is 7.27. The summed E-state index contributed by atoms with van der Waals surface area (Å²) in [6.45, 7) is 3.31. The molecule has 1 heterocycles. The summed E-state index contributed by atoms with van der Waals surface area (Å²) in [5.74, 6) is 1.69. The highest BCUT2D eigenvalue weighted by Gasteiger charge is 2.31. The minimum Gasteiger partial charge on any atom is -0.378 e. The third kappa shape index (κ3) is 3.46. The second-order valence-electron chi connectivity index (χ2n) is 5.43. The fraction of sp³-hybridized carbons (Fsp3) is 1.00. The van der Waals surface area contributed by atoms with E-state index in [1.54, 1.807) is 0 Å². The van der Waals surface area contributed by atoms with Crippen molar-refractivity contribution in [2.75, 3.05) is 6.61 Å². The lowest BCUT2D eigenvalue weighted by Crippen LogP contribution is -2.29. The van der Waals surface area contributed by atoms with E-state index in [9.17, 15) is 0 Å². The molecule has 0 aromatic carbocycles. The SMILES string of the molecule is CC(C(N)CCCC1CCCO1)C1CC1. The van der Waals surface area contributed by atoms with Gasteiger partial charge in [-0.1, -0.05) is 6.92 Å². The summed E-state index contributed by atoms with van der Waals surface area (Å²) < 4.78 is 5.61. The van der Waals surface area contributed by atoms with Crippen molar-refractivity contribution in [2.45, 2.75) is 64.0 Å². The summed E-state index contributed by atoms with van der Waals surface area (Å²) in [6, 6.07) is 0.430. The quantitative estimate of drug-likeness (QED) is 0.733. The monoisotopic (exact) mass is 211 g/mol. The normalized spacial score (nSPS) is 30.4. The number of hydrogen-bond donors (Lipinski definition) is 1. The Morgan fingerprint density at radius 3 is 2.73 bits per heavy atom. The number of ether oxygens (including phenoxy) is 1. The highest BCUT2D eigenvalue weighted by molar-refractivity contribution is 4.84. The molecule has 15 heavy (non-hydrogen) atoms. The molecule has 0 radical (unpaired) electrons. The van der Waals surface area contributed by atoms with Gasteiger partial charge >= 0.3 is 0 Å². The van der Waals surface area contributed by atoms with E-state index in [-0.39, 0.29) is 0 Å². The summed E-state index contributed by atoms with van der Waals surface area (Å²) >= 11 is 0. The van der Waals surface area contributed by atoms with Crippen molar-refractivity contribution in [3.63, 3.8) is 0 Å². The first-order valence-electron chi connectivity index (χ1n) is 6.64. The van der Waals surface area contributed by atoms with Gasteiger partial charge < -0.3 is 10.5 Å². The first kappa shape index (κ1) is 11.4. The van der Waals surface area contributed by atoms with Crippen LogP contribution in [0.1, 0.15) is 51.9 Å². The van der Waals surface area contributed by atoms with Gasteiger partial charge in [0.15, 0.2) is 0 Å². The van der Waals surface area contributed by atoms with Gasteiger partial charge in [-0.3, -0.25) is 0 Å². The van der Waals surface area contributed by atoms with E-state index in [1.807, 2.05) is 0 Å². The maximum absolute atomic E-state index is 6.20. The second kappa shape index (κ2) is 5.31. The van der Waals surface area contributed by atoms with Gasteiger partial charge in [0.1, 0.15) is 0 Å². The first-order valence-corrected chi connectivity index (χ1v) is 6.64. The molecule has 0 amide bonds. The smallest absolute Gasteiger partial charge is 0.0576 e. The zero-order valence-electron chi connectivity index (χ0n) is 9.95. The maximum Gasteiger partial charge on any atom is 0.0576 e. The van der Waals surface area contributed by atoms with Gasteiger partial charge in [-0.05, 0) is 56.8 Å². The van der Waals surface area contributed by atoms with Crippen LogP contribution in [-0.4, -0.2) is 18.8 Å². The van der Waals surface area contributed by atoms with Crippen LogP contribution in [0, 0.1) is 11.8 Å². The Kier molecular flexibility index (Phi) is 4.04. The molecular weight excluding hydrogens is 186 g/mol. The number of rotatable bonds is 6. The van der Waals surface area contributed by atoms with Crippen LogP contribution in [0.15, 0.2) is 0 Å². The highest BCUT2D eigenvalue weighted by Crippen LogP contribution is 2.38. The van der Waals surface area contributed by atoms with E-state index >= 15 is 0 Å². The fourth-order valence-corrected chi connectivity index (χ4v) is 2.69. The van der Waals surface area contributed by atoms with Crippen LogP contribution in [-0.2, 0) is 4.74 Å². The minimum absolute atomic E-state index is 0.430. The Morgan fingerprint density at radius 1 is 1.33 bits per heavy atom. The zero-order valence-corrected chi connectivity index (χ0v) is 9.95. The van der Waals surface area contributed by atoms with Crippen molar-refractivity contribution in [2.24, 2.45) is 17.6 Å². The van der Waals surface area contributed by atoms with Crippen LogP contribution in [0.2, 0.25) is 0 Å². The summed E-state index contributed by atoms with van der Waals surface area (Å²) in [5.41, 5.74) is 6.20. The average molecular weight is 211 g/mol. The molecule has 1 aliphatic carbocycles. The van der Waals surface area contributed by atoms with Crippen LogP contribution < -0.4 is 5.73 Å². The summed E-state index contributed by atoms with van der Waals surface area (Å²) in [6.07, 6.45) is 9.59. The van der Waals surface area contributed by atoms with Crippen LogP contribution in [0.25, 0.3) is 0 Å². The zero-order chi connectivity index (χ0) is 10.7. The standard InChI is InChI=1S/C13H25NO/c1-10(11-7-8-11)13(14)6-2-4-12-5-3-9-15-12/h10-13H,2-9,14H2,1H3. The third-order valence-electron chi connectivity index (χ3n) is 4.13. The van der Waals surface area contributed by atoms with E-state index in [1.165, 1.54) is 44.9 Å². The molecule has 0 bridgehead atoms. The maximum atomic E-state index is 6.20. The lowest BCUT2D eigenvalue weighted by molar-refractivity contribution is 0.101. The van der Waals surface area contributed by atoms with Gasteiger partial charge in [-0.2, -0.15) is 0 Å². The Labute approximate surface area is 93.6 Å². The molecule has 3 atom stereocenters. The van der Waals surface area contributed by atoms with Crippen molar-refractivity contribution >= 4 is 0 Å². The van der Waals surface area contributed by atoms with Crippen LogP contribution >= 0.6 is 0 Å². The Bertz CT molecular complexity index is 185. The van der Waals surface area contributed by atoms with Crippen molar-refractivity contribution in [3.05, 3.63) is 0 Å². The fourth-order valence-electron chi connectivity index (χ4n) is 2.69.